The van der Waals surface area contributed by atoms with Gasteiger partial charge >= 0.3 is 5.97 Å². The number of rotatable bonds is 4. The average molecular weight is 423 g/mol. The molecule has 8 heteroatoms. The van der Waals surface area contributed by atoms with Gasteiger partial charge in [-0.3, -0.25) is 14.7 Å². The lowest BCUT2D eigenvalue weighted by atomic mass is 10.0. The maximum Gasteiger partial charge on any atom is 0.338 e. The first kappa shape index (κ1) is 20.2. The molecule has 1 aliphatic heterocycles. The van der Waals surface area contributed by atoms with E-state index >= 15 is 0 Å². The summed E-state index contributed by atoms with van der Waals surface area (Å²) in [6, 6.07) is 11.4. The number of thioether (sulfide) groups is 1. The number of aryl methyl sites for hydroxylation is 1. The Morgan fingerprint density at radius 1 is 1.13 bits per heavy atom. The number of pyridine rings is 1. The van der Waals surface area contributed by atoms with Crippen molar-refractivity contribution in [2.75, 3.05) is 24.8 Å². The molecule has 0 radical (unpaired) electrons. The normalized spacial score (nSPS) is 12.7. The number of amides is 1. The molecule has 0 N–H and O–H groups in total. The van der Waals surface area contributed by atoms with Crippen molar-refractivity contribution >= 4 is 29.6 Å². The van der Waals surface area contributed by atoms with Crippen molar-refractivity contribution in [3.05, 3.63) is 47.7 Å². The molecule has 1 amide bonds. The van der Waals surface area contributed by atoms with Gasteiger partial charge in [-0.2, -0.15) is 0 Å². The Labute approximate surface area is 179 Å². The third kappa shape index (κ3) is 3.37. The first-order valence-electron chi connectivity index (χ1n) is 9.54. The zero-order valence-electron chi connectivity index (χ0n) is 17.3. The second-order valence-corrected chi connectivity index (χ2v) is 7.88. The minimum Gasteiger partial charge on any atom is -0.465 e. The fourth-order valence-electron chi connectivity index (χ4n) is 3.72. The van der Waals surface area contributed by atoms with E-state index in [0.717, 1.165) is 16.3 Å². The van der Waals surface area contributed by atoms with Crippen LogP contribution >= 0.6 is 11.8 Å². The molecule has 0 bridgehead atoms. The summed E-state index contributed by atoms with van der Waals surface area (Å²) in [7, 11) is 1.37. The second-order valence-electron chi connectivity index (χ2n) is 7.00. The first-order valence-corrected chi connectivity index (χ1v) is 10.8. The summed E-state index contributed by atoms with van der Waals surface area (Å²) in [5.41, 5.74) is 4.13. The van der Waals surface area contributed by atoms with Gasteiger partial charge in [-0.1, -0.05) is 12.1 Å². The van der Waals surface area contributed by atoms with Crippen LogP contribution in [0.3, 0.4) is 0 Å². The summed E-state index contributed by atoms with van der Waals surface area (Å²) in [6.45, 7) is 4.58. The van der Waals surface area contributed by atoms with Gasteiger partial charge in [0.15, 0.2) is 0 Å². The Hall–Kier alpha value is -3.13. The molecule has 7 nitrogen and oxygen atoms in total. The number of ether oxygens (including phenoxy) is 1. The molecule has 0 unspecified atom stereocenters. The number of hydrogen-bond donors (Lipinski definition) is 0. The number of carbonyl (C=O) groups is 2. The van der Waals surface area contributed by atoms with Crippen molar-refractivity contribution in [3.8, 4) is 22.6 Å². The van der Waals surface area contributed by atoms with Crippen LogP contribution in [0.1, 0.15) is 23.0 Å². The predicted octanol–water partition coefficient (Wildman–Crippen LogP) is 3.80. The zero-order chi connectivity index (χ0) is 21.4. The van der Waals surface area contributed by atoms with E-state index in [1.54, 1.807) is 16.7 Å². The van der Waals surface area contributed by atoms with Crippen LogP contribution in [0, 0.1) is 6.92 Å². The molecule has 0 fully saturated rings. The fourth-order valence-corrected chi connectivity index (χ4v) is 4.16. The summed E-state index contributed by atoms with van der Waals surface area (Å²) in [6.07, 6.45) is 1.96. The summed E-state index contributed by atoms with van der Waals surface area (Å²) in [5, 5.41) is 0. The largest absolute Gasteiger partial charge is 0.465 e. The number of methoxy groups -OCH3 is 1. The fraction of sp³-hybridized carbons (Fsp3) is 0.273. The van der Waals surface area contributed by atoms with Crippen LogP contribution in [0.15, 0.2) is 41.3 Å². The molecule has 30 heavy (non-hydrogen) atoms. The van der Waals surface area contributed by atoms with Crippen LogP contribution < -0.4 is 4.90 Å². The Bertz CT molecular complexity index is 1160. The highest BCUT2D eigenvalue weighted by atomic mass is 32.2. The molecule has 1 aromatic carbocycles. The molecule has 0 saturated heterocycles. The standard InChI is InChI=1S/C22H22N4O3S/c1-13-6-5-7-18(23-13)19-20(26-11-10-25(14(2)27)22(26)24-19)16-9-8-15(30-4)12-17(16)21(28)29-3/h5-9,12H,10-11H2,1-4H3. The lowest BCUT2D eigenvalue weighted by Gasteiger charge is -2.13. The molecule has 0 spiro atoms. The van der Waals surface area contributed by atoms with E-state index in [1.807, 2.05) is 54.1 Å². The Morgan fingerprint density at radius 2 is 1.93 bits per heavy atom. The van der Waals surface area contributed by atoms with Crippen LogP contribution in [-0.2, 0) is 16.1 Å². The van der Waals surface area contributed by atoms with E-state index in [4.69, 9.17) is 9.72 Å². The number of fused-ring (bicyclic) bond motifs is 1. The lowest BCUT2D eigenvalue weighted by Crippen LogP contribution is -2.26. The quantitative estimate of drug-likeness (QED) is 0.470. The molecule has 1 aliphatic rings. The molecular weight excluding hydrogens is 400 g/mol. The number of anilines is 1. The number of hydrogen-bond acceptors (Lipinski definition) is 6. The van der Waals surface area contributed by atoms with E-state index in [0.29, 0.717) is 41.6 Å². The SMILES string of the molecule is COC(=O)c1cc(SC)ccc1-c1c(-c2cccc(C)n2)nc2n1CCN2C(C)=O. The topological polar surface area (TPSA) is 77.3 Å². The number of aromatic nitrogens is 3. The second kappa shape index (κ2) is 7.95. The summed E-state index contributed by atoms with van der Waals surface area (Å²) >= 11 is 1.55. The van der Waals surface area contributed by atoms with E-state index in [9.17, 15) is 9.59 Å². The monoisotopic (exact) mass is 422 g/mol. The number of benzene rings is 1. The van der Waals surface area contributed by atoms with Gasteiger partial charge < -0.3 is 9.30 Å². The highest BCUT2D eigenvalue weighted by molar-refractivity contribution is 7.98. The molecule has 0 aliphatic carbocycles. The maximum atomic E-state index is 12.6. The molecule has 2 aromatic heterocycles. The van der Waals surface area contributed by atoms with Gasteiger partial charge in [0.05, 0.1) is 24.1 Å². The maximum absolute atomic E-state index is 12.6. The van der Waals surface area contributed by atoms with Gasteiger partial charge in [-0.15, -0.1) is 11.8 Å². The van der Waals surface area contributed by atoms with Crippen molar-refractivity contribution in [3.63, 3.8) is 0 Å². The molecule has 4 rings (SSSR count). The van der Waals surface area contributed by atoms with Crippen LogP contribution in [0.2, 0.25) is 0 Å². The Morgan fingerprint density at radius 3 is 2.60 bits per heavy atom. The van der Waals surface area contributed by atoms with E-state index in [-0.39, 0.29) is 5.91 Å². The van der Waals surface area contributed by atoms with Crippen molar-refractivity contribution < 1.29 is 14.3 Å². The smallest absolute Gasteiger partial charge is 0.338 e. The highest BCUT2D eigenvalue weighted by Gasteiger charge is 2.32. The predicted molar refractivity (Wildman–Crippen MR) is 117 cm³/mol. The van der Waals surface area contributed by atoms with Crippen LogP contribution in [0.5, 0.6) is 0 Å². The zero-order valence-corrected chi connectivity index (χ0v) is 18.1. The number of carbonyl (C=O) groups excluding carboxylic acids is 2. The average Bonchev–Trinajstić information content (AvgIpc) is 3.32. The number of nitrogens with zero attached hydrogens (tertiary/aromatic N) is 4. The Kier molecular flexibility index (Phi) is 5.34. The van der Waals surface area contributed by atoms with Gasteiger partial charge in [-0.25, -0.2) is 9.78 Å². The van der Waals surface area contributed by atoms with Crippen molar-refractivity contribution in [1.82, 2.24) is 14.5 Å². The first-order chi connectivity index (χ1) is 14.4. The lowest BCUT2D eigenvalue weighted by molar-refractivity contribution is -0.116. The van der Waals surface area contributed by atoms with Gasteiger partial charge in [0.2, 0.25) is 11.9 Å². The van der Waals surface area contributed by atoms with Gasteiger partial charge in [-0.05, 0) is 37.4 Å². The third-order valence-electron chi connectivity index (χ3n) is 5.13. The van der Waals surface area contributed by atoms with Gasteiger partial charge in [0.25, 0.3) is 0 Å². The third-order valence-corrected chi connectivity index (χ3v) is 5.86. The van der Waals surface area contributed by atoms with E-state index in [2.05, 4.69) is 4.98 Å². The van der Waals surface area contributed by atoms with Crippen molar-refractivity contribution in [2.24, 2.45) is 0 Å². The molecule has 3 aromatic rings. The van der Waals surface area contributed by atoms with Crippen LogP contribution in [-0.4, -0.2) is 46.3 Å². The van der Waals surface area contributed by atoms with Gasteiger partial charge in [0.1, 0.15) is 5.69 Å². The van der Waals surface area contributed by atoms with E-state index in [1.165, 1.54) is 14.0 Å². The summed E-state index contributed by atoms with van der Waals surface area (Å²) in [5.74, 6) is 0.0848. The van der Waals surface area contributed by atoms with Crippen LogP contribution in [0.25, 0.3) is 22.6 Å². The minimum atomic E-state index is -0.416. The minimum absolute atomic E-state index is 0.0695. The molecule has 0 saturated carbocycles. The molecule has 3 heterocycles. The van der Waals surface area contributed by atoms with Crippen molar-refractivity contribution in [2.45, 2.75) is 25.3 Å². The van der Waals surface area contributed by atoms with Crippen molar-refractivity contribution in [1.29, 1.82) is 0 Å². The van der Waals surface area contributed by atoms with Gasteiger partial charge in [0, 0.05) is 36.2 Å². The van der Waals surface area contributed by atoms with Crippen LogP contribution in [0.4, 0.5) is 5.95 Å². The number of esters is 1. The Balaban J connectivity index is 2.02. The molecular formula is C22H22N4O3S. The summed E-state index contributed by atoms with van der Waals surface area (Å²) < 4.78 is 7.05. The molecule has 154 valence electrons. The van der Waals surface area contributed by atoms with E-state index < -0.39 is 5.97 Å². The highest BCUT2D eigenvalue weighted by Crippen LogP contribution is 2.40. The summed E-state index contributed by atoms with van der Waals surface area (Å²) in [4.78, 5) is 36.8. The number of imidazole rings is 1. The molecule has 0 atom stereocenters.